The zero-order valence-corrected chi connectivity index (χ0v) is 7.53. The van der Waals surface area contributed by atoms with Crippen molar-refractivity contribution in [3.63, 3.8) is 0 Å². The van der Waals surface area contributed by atoms with E-state index in [1.54, 1.807) is 7.05 Å². The monoisotopic (exact) mass is 187 g/mol. The molecule has 0 heterocycles. The highest BCUT2D eigenvalue weighted by molar-refractivity contribution is 5.30. The molecular weight excluding hydrogens is 176 g/mol. The molecule has 4 heteroatoms. The van der Waals surface area contributed by atoms with Crippen LogP contribution in [-0.4, -0.2) is 14.2 Å². The highest BCUT2D eigenvalue weighted by atomic mass is 19.1. The molecule has 0 aliphatic heterocycles. The fraction of sp³-hybridized carbons (Fsp3) is 0.333. The standard InChI is InChI=1S/C9H11F2NO/c1-12-5-6-3-8(11)9(13-2)4-7(6)10/h3-4,12H,5H2,1-2H3. The number of ether oxygens (including phenoxy) is 1. The van der Waals surface area contributed by atoms with Crippen molar-refractivity contribution in [2.75, 3.05) is 14.2 Å². The third kappa shape index (κ3) is 2.15. The smallest absolute Gasteiger partial charge is 0.165 e. The molecule has 0 atom stereocenters. The largest absolute Gasteiger partial charge is 0.494 e. The maximum Gasteiger partial charge on any atom is 0.165 e. The number of nitrogens with one attached hydrogen (secondary N) is 1. The van der Waals surface area contributed by atoms with Crippen LogP contribution in [0.5, 0.6) is 5.75 Å². The van der Waals surface area contributed by atoms with Crippen molar-refractivity contribution in [2.45, 2.75) is 6.54 Å². The summed E-state index contributed by atoms with van der Waals surface area (Å²) in [6, 6.07) is 2.17. The Kier molecular flexibility index (Phi) is 3.19. The highest BCUT2D eigenvalue weighted by Crippen LogP contribution is 2.20. The van der Waals surface area contributed by atoms with Crippen LogP contribution in [0.25, 0.3) is 0 Å². The maximum atomic E-state index is 13.1. The van der Waals surface area contributed by atoms with Gasteiger partial charge in [-0.2, -0.15) is 0 Å². The summed E-state index contributed by atoms with van der Waals surface area (Å²) in [7, 11) is 2.97. The van der Waals surface area contributed by atoms with Crippen molar-refractivity contribution >= 4 is 0 Å². The van der Waals surface area contributed by atoms with Gasteiger partial charge in [0.2, 0.25) is 0 Å². The lowest BCUT2D eigenvalue weighted by Gasteiger charge is -2.06. The predicted molar refractivity (Wildman–Crippen MR) is 45.7 cm³/mol. The predicted octanol–water partition coefficient (Wildman–Crippen LogP) is 1.69. The number of hydrogen-bond donors (Lipinski definition) is 1. The summed E-state index contributed by atoms with van der Waals surface area (Å²) in [6.45, 7) is 0.298. The molecule has 0 aliphatic rings. The van der Waals surface area contributed by atoms with Crippen LogP contribution in [0, 0.1) is 11.6 Å². The van der Waals surface area contributed by atoms with Crippen molar-refractivity contribution in [3.05, 3.63) is 29.3 Å². The molecule has 0 saturated carbocycles. The molecule has 0 unspecified atom stereocenters. The van der Waals surface area contributed by atoms with Crippen LogP contribution in [0.15, 0.2) is 12.1 Å². The molecule has 0 fully saturated rings. The van der Waals surface area contributed by atoms with Gasteiger partial charge < -0.3 is 10.1 Å². The van der Waals surface area contributed by atoms with Crippen LogP contribution in [0.3, 0.4) is 0 Å². The highest BCUT2D eigenvalue weighted by Gasteiger charge is 2.08. The average molecular weight is 187 g/mol. The van der Waals surface area contributed by atoms with Gasteiger partial charge in [0.05, 0.1) is 7.11 Å². The van der Waals surface area contributed by atoms with Crippen LogP contribution < -0.4 is 10.1 Å². The summed E-state index contributed by atoms with van der Waals surface area (Å²) in [6.07, 6.45) is 0. The molecule has 72 valence electrons. The van der Waals surface area contributed by atoms with Gasteiger partial charge >= 0.3 is 0 Å². The molecule has 2 nitrogen and oxygen atoms in total. The Morgan fingerprint density at radius 2 is 2.00 bits per heavy atom. The minimum absolute atomic E-state index is 0.0719. The van der Waals surface area contributed by atoms with Crippen LogP contribution in [0.1, 0.15) is 5.56 Å². The lowest BCUT2D eigenvalue weighted by molar-refractivity contribution is 0.381. The van der Waals surface area contributed by atoms with Gasteiger partial charge in [-0.05, 0) is 13.1 Å². The van der Waals surface area contributed by atoms with Gasteiger partial charge in [-0.3, -0.25) is 0 Å². The van der Waals surface area contributed by atoms with Gasteiger partial charge in [0.1, 0.15) is 5.82 Å². The van der Waals surface area contributed by atoms with Crippen molar-refractivity contribution in [1.29, 1.82) is 0 Å². The van der Waals surface area contributed by atoms with E-state index in [1.807, 2.05) is 0 Å². The fourth-order valence-corrected chi connectivity index (χ4v) is 1.05. The summed E-state index contributed by atoms with van der Waals surface area (Å²) in [5, 5.41) is 2.74. The molecule has 0 saturated heterocycles. The van der Waals surface area contributed by atoms with E-state index >= 15 is 0 Å². The summed E-state index contributed by atoms with van der Waals surface area (Å²) >= 11 is 0. The number of rotatable bonds is 3. The quantitative estimate of drug-likeness (QED) is 0.777. The molecule has 0 amide bonds. The first-order chi connectivity index (χ1) is 6.19. The summed E-state index contributed by atoms with van der Waals surface area (Å²) in [4.78, 5) is 0. The molecule has 1 rings (SSSR count). The minimum Gasteiger partial charge on any atom is -0.494 e. The van der Waals surface area contributed by atoms with Crippen LogP contribution in [0.2, 0.25) is 0 Å². The van der Waals surface area contributed by atoms with Gasteiger partial charge in [-0.1, -0.05) is 0 Å². The van der Waals surface area contributed by atoms with Crippen LogP contribution >= 0.6 is 0 Å². The van der Waals surface area contributed by atoms with E-state index in [-0.39, 0.29) is 5.75 Å². The van der Waals surface area contributed by atoms with E-state index in [0.29, 0.717) is 12.1 Å². The van der Waals surface area contributed by atoms with Gasteiger partial charge in [-0.25, -0.2) is 8.78 Å². The Bertz CT molecular complexity index is 302. The zero-order chi connectivity index (χ0) is 9.84. The van der Waals surface area contributed by atoms with Crippen molar-refractivity contribution < 1.29 is 13.5 Å². The lowest BCUT2D eigenvalue weighted by atomic mass is 10.2. The second-order valence-corrected chi connectivity index (χ2v) is 2.61. The van der Waals surface area contributed by atoms with Crippen LogP contribution in [-0.2, 0) is 6.54 Å². The molecule has 0 spiro atoms. The van der Waals surface area contributed by atoms with E-state index in [2.05, 4.69) is 10.1 Å². The first kappa shape index (κ1) is 9.92. The summed E-state index contributed by atoms with van der Waals surface area (Å²) in [5.41, 5.74) is 0.292. The average Bonchev–Trinajstić information content (AvgIpc) is 2.11. The molecule has 0 bridgehead atoms. The van der Waals surface area contributed by atoms with E-state index < -0.39 is 11.6 Å². The number of benzene rings is 1. The molecular formula is C9H11F2NO. The van der Waals surface area contributed by atoms with Crippen molar-refractivity contribution in [2.24, 2.45) is 0 Å². The van der Waals surface area contributed by atoms with E-state index in [9.17, 15) is 8.78 Å². The van der Waals surface area contributed by atoms with E-state index in [0.717, 1.165) is 12.1 Å². The Morgan fingerprint density at radius 1 is 1.31 bits per heavy atom. The molecule has 0 radical (unpaired) electrons. The third-order valence-corrected chi connectivity index (χ3v) is 1.69. The Balaban J connectivity index is 3.05. The van der Waals surface area contributed by atoms with Gasteiger partial charge in [0.15, 0.2) is 11.6 Å². The first-order valence-electron chi connectivity index (χ1n) is 3.85. The molecule has 1 N–H and O–H groups in total. The normalized spacial score (nSPS) is 10.2. The molecule has 0 aliphatic carbocycles. The molecule has 13 heavy (non-hydrogen) atoms. The van der Waals surface area contributed by atoms with E-state index in [4.69, 9.17) is 0 Å². The van der Waals surface area contributed by atoms with E-state index in [1.165, 1.54) is 7.11 Å². The van der Waals surface area contributed by atoms with Crippen LogP contribution in [0.4, 0.5) is 8.78 Å². The van der Waals surface area contributed by atoms with Gasteiger partial charge in [0, 0.05) is 18.2 Å². The van der Waals surface area contributed by atoms with Crippen molar-refractivity contribution in [3.8, 4) is 5.75 Å². The SMILES string of the molecule is CNCc1cc(F)c(OC)cc1F. The molecule has 1 aromatic carbocycles. The zero-order valence-electron chi connectivity index (χ0n) is 7.53. The number of hydrogen-bond acceptors (Lipinski definition) is 2. The van der Waals surface area contributed by atoms with Gasteiger partial charge in [-0.15, -0.1) is 0 Å². The Morgan fingerprint density at radius 3 is 2.54 bits per heavy atom. The minimum atomic E-state index is -0.547. The first-order valence-corrected chi connectivity index (χ1v) is 3.85. The van der Waals surface area contributed by atoms with Crippen molar-refractivity contribution in [1.82, 2.24) is 5.32 Å². The topological polar surface area (TPSA) is 21.3 Å². The number of halogens is 2. The second kappa shape index (κ2) is 4.18. The third-order valence-electron chi connectivity index (χ3n) is 1.69. The molecule has 1 aromatic rings. The second-order valence-electron chi connectivity index (χ2n) is 2.61. The summed E-state index contributed by atoms with van der Waals surface area (Å²) in [5.74, 6) is -1.08. The lowest BCUT2D eigenvalue weighted by Crippen LogP contribution is -2.07. The maximum absolute atomic E-state index is 13.1. The number of methoxy groups -OCH3 is 1. The molecule has 0 aromatic heterocycles. The van der Waals surface area contributed by atoms with Gasteiger partial charge in [0.25, 0.3) is 0 Å². The summed E-state index contributed by atoms with van der Waals surface area (Å²) < 4.78 is 30.8. The Hall–Kier alpha value is -1.16. The Labute approximate surface area is 75.5 Å². The fourth-order valence-electron chi connectivity index (χ4n) is 1.05.